The van der Waals surface area contributed by atoms with Crippen LogP contribution in [-0.4, -0.2) is 0 Å². The topological polar surface area (TPSA) is 0 Å². The zero-order valence-electron chi connectivity index (χ0n) is 6.43. The van der Waals surface area contributed by atoms with Gasteiger partial charge >= 0.3 is 0 Å². The van der Waals surface area contributed by atoms with Crippen molar-refractivity contribution in [3.05, 3.63) is 58.2 Å². The van der Waals surface area contributed by atoms with Crippen LogP contribution in [0.3, 0.4) is 0 Å². The first kappa shape index (κ1) is 12.1. The van der Waals surface area contributed by atoms with Crippen LogP contribution in [0.15, 0.2) is 54.6 Å². The summed E-state index contributed by atoms with van der Waals surface area (Å²) in [4.78, 5) is 0. The van der Waals surface area contributed by atoms with E-state index in [1.807, 2.05) is 42.5 Å². The van der Waals surface area contributed by atoms with Crippen molar-refractivity contribution < 1.29 is 19.5 Å². The Morgan fingerprint density at radius 1 is 0.833 bits per heavy atom. The first-order valence-electron chi connectivity index (χ1n) is 3.43. The van der Waals surface area contributed by atoms with Gasteiger partial charge in [-0.1, -0.05) is 3.57 Å². The zero-order chi connectivity index (χ0) is 7.94. The molecule has 0 bridgehead atoms. The van der Waals surface area contributed by atoms with E-state index in [2.05, 4.69) is 34.7 Å². The smallest absolute Gasteiger partial charge is 0 e. The predicted molar refractivity (Wildman–Crippen MR) is 56.8 cm³/mol. The monoisotopic (exact) mass is 358 g/mol. The summed E-state index contributed by atoms with van der Waals surface area (Å²) in [6, 6.07) is 18.2. The van der Waals surface area contributed by atoms with Crippen LogP contribution in [0.4, 0.5) is 0 Å². The molecule has 12 heavy (non-hydrogen) atoms. The van der Waals surface area contributed by atoms with Crippen molar-refractivity contribution in [2.75, 3.05) is 0 Å². The van der Waals surface area contributed by atoms with Crippen LogP contribution in [0.1, 0.15) is 0 Å². The van der Waals surface area contributed by atoms with E-state index in [0.29, 0.717) is 0 Å². The summed E-state index contributed by atoms with van der Waals surface area (Å²) >= 11 is 2.28. The molecule has 0 nitrogen and oxygen atoms in total. The molecule has 0 aromatic heterocycles. The van der Waals surface area contributed by atoms with Crippen LogP contribution in [0.25, 0.3) is 0 Å². The standard InChI is InChI=1S/C5H4I.C5H5.Ru/c6-5-3-1-2-4-5;1-2-4-5-3-1;/h1-4H;1-5H;/q-1;-5;. The maximum atomic E-state index is 2.28. The van der Waals surface area contributed by atoms with Gasteiger partial charge in [0.05, 0.1) is 0 Å². The third-order valence-corrected chi connectivity index (χ3v) is 1.90. The van der Waals surface area contributed by atoms with Crippen molar-refractivity contribution in [3.8, 4) is 0 Å². The summed E-state index contributed by atoms with van der Waals surface area (Å²) in [7, 11) is 0. The molecule has 0 N–H and O–H groups in total. The molecule has 0 radical (unpaired) electrons. The summed E-state index contributed by atoms with van der Waals surface area (Å²) in [5.74, 6) is 0. The van der Waals surface area contributed by atoms with Crippen LogP contribution in [-0.2, 0) is 19.5 Å². The van der Waals surface area contributed by atoms with Crippen LogP contribution in [0.5, 0.6) is 0 Å². The fourth-order valence-electron chi connectivity index (χ4n) is 0.671. The second-order valence-corrected chi connectivity index (χ2v) is 3.31. The van der Waals surface area contributed by atoms with Gasteiger partial charge < -0.3 is 30.3 Å². The third-order valence-electron chi connectivity index (χ3n) is 1.18. The van der Waals surface area contributed by atoms with Gasteiger partial charge in [-0.25, -0.2) is 12.1 Å². The molecule has 2 aromatic carbocycles. The molecule has 2 heteroatoms. The molecule has 2 aromatic rings. The van der Waals surface area contributed by atoms with Gasteiger partial charge in [-0.15, -0.1) is 22.6 Å². The van der Waals surface area contributed by atoms with Crippen molar-refractivity contribution in [1.29, 1.82) is 0 Å². The second-order valence-electron chi connectivity index (χ2n) is 2.07. The van der Waals surface area contributed by atoms with E-state index in [-0.39, 0.29) is 19.5 Å². The zero-order valence-corrected chi connectivity index (χ0v) is 10.3. The second kappa shape index (κ2) is 7.69. The van der Waals surface area contributed by atoms with Crippen LogP contribution >= 0.6 is 22.6 Å². The Kier molecular flexibility index (Phi) is 7.72. The summed E-state index contributed by atoms with van der Waals surface area (Å²) in [5, 5.41) is 0. The number of halogens is 1. The molecule has 0 fully saturated rings. The first-order valence-corrected chi connectivity index (χ1v) is 4.51. The molecule has 0 spiro atoms. The minimum absolute atomic E-state index is 0. The van der Waals surface area contributed by atoms with Crippen molar-refractivity contribution >= 4 is 22.6 Å². The largest absolute Gasteiger partial charge is 0.748 e. The molecule has 0 aliphatic heterocycles. The molecule has 70 valence electrons. The summed E-state index contributed by atoms with van der Waals surface area (Å²) in [6.45, 7) is 0. The molecule has 0 amide bonds. The molecule has 2 rings (SSSR count). The Morgan fingerprint density at radius 3 is 1.33 bits per heavy atom. The summed E-state index contributed by atoms with van der Waals surface area (Å²) in [5.41, 5.74) is 0. The quantitative estimate of drug-likeness (QED) is 0.385. The van der Waals surface area contributed by atoms with Crippen molar-refractivity contribution in [3.63, 3.8) is 0 Å². The van der Waals surface area contributed by atoms with E-state index in [0.717, 1.165) is 0 Å². The number of hydrogen-bond donors (Lipinski definition) is 0. The predicted octanol–water partition coefficient (Wildman–Crippen LogP) is 3.41. The minimum atomic E-state index is 0. The van der Waals surface area contributed by atoms with E-state index in [1.54, 1.807) is 0 Å². The van der Waals surface area contributed by atoms with Gasteiger partial charge in [-0.05, 0) is 0 Å². The Labute approximate surface area is 99.6 Å². The molecule has 0 aliphatic carbocycles. The Balaban J connectivity index is 0.000000189. The van der Waals surface area contributed by atoms with Crippen LogP contribution in [0.2, 0.25) is 0 Å². The van der Waals surface area contributed by atoms with Gasteiger partial charge in [-0.2, -0.15) is 12.1 Å². The average Bonchev–Trinajstić information content (AvgIpc) is 2.57. The number of rotatable bonds is 0. The van der Waals surface area contributed by atoms with Gasteiger partial charge in [0.15, 0.2) is 0 Å². The molecular weight excluding hydrogens is 348 g/mol. The molecule has 0 aliphatic rings. The fourth-order valence-corrected chi connectivity index (χ4v) is 1.09. The Hall–Kier alpha value is 0.0534. The van der Waals surface area contributed by atoms with E-state index in [4.69, 9.17) is 0 Å². The Morgan fingerprint density at radius 2 is 1.17 bits per heavy atom. The molecule has 0 heterocycles. The van der Waals surface area contributed by atoms with Crippen LogP contribution < -0.4 is 0 Å². The third kappa shape index (κ3) is 5.67. The van der Waals surface area contributed by atoms with Gasteiger partial charge in [0.1, 0.15) is 0 Å². The van der Waals surface area contributed by atoms with Gasteiger partial charge in [0.2, 0.25) is 0 Å². The molecule has 0 saturated heterocycles. The van der Waals surface area contributed by atoms with Crippen molar-refractivity contribution in [1.82, 2.24) is 0 Å². The first-order chi connectivity index (χ1) is 5.39. The minimum Gasteiger partial charge on any atom is -0.748 e. The van der Waals surface area contributed by atoms with Gasteiger partial charge in [0.25, 0.3) is 0 Å². The SMILES string of the molecule is I[c-]1cccc1.[Ru].[cH-]1[cH-][cH-][cH-][cH-]1. The molecule has 0 unspecified atom stereocenters. The number of hydrogen-bond acceptors (Lipinski definition) is 0. The summed E-state index contributed by atoms with van der Waals surface area (Å²) < 4.78 is 1.31. The van der Waals surface area contributed by atoms with Gasteiger partial charge in [-0.3, -0.25) is 0 Å². The molecule has 0 saturated carbocycles. The maximum Gasteiger partial charge on any atom is 0 e. The van der Waals surface area contributed by atoms with E-state index in [1.165, 1.54) is 3.57 Å². The van der Waals surface area contributed by atoms with Crippen LogP contribution in [0, 0.1) is 3.57 Å². The van der Waals surface area contributed by atoms with Crippen molar-refractivity contribution in [2.24, 2.45) is 0 Å². The Bertz CT molecular complexity index is 228. The van der Waals surface area contributed by atoms with Gasteiger partial charge in [0, 0.05) is 19.5 Å². The molecule has 0 atom stereocenters. The van der Waals surface area contributed by atoms with E-state index >= 15 is 0 Å². The normalized spacial score (nSPS) is 7.75. The van der Waals surface area contributed by atoms with E-state index < -0.39 is 0 Å². The average molecular weight is 357 g/mol. The molecular formula is C10H9IRu-6. The fraction of sp³-hybridized carbons (Fsp3) is 0. The summed E-state index contributed by atoms with van der Waals surface area (Å²) in [6.07, 6.45) is 0. The maximum absolute atomic E-state index is 2.28. The van der Waals surface area contributed by atoms with E-state index in [9.17, 15) is 0 Å². The van der Waals surface area contributed by atoms with Crippen molar-refractivity contribution in [2.45, 2.75) is 0 Å².